The van der Waals surface area contributed by atoms with Crippen LogP contribution in [0.5, 0.6) is 0 Å². The number of nitrogens with zero attached hydrogens (tertiary/aromatic N) is 2. The highest BCUT2D eigenvalue weighted by molar-refractivity contribution is 7.92. The van der Waals surface area contributed by atoms with Gasteiger partial charge in [-0.25, -0.2) is 18.4 Å². The van der Waals surface area contributed by atoms with Gasteiger partial charge in [0.2, 0.25) is 9.84 Å². The van der Waals surface area contributed by atoms with E-state index in [1.165, 1.54) is 0 Å². The Morgan fingerprint density at radius 1 is 0.362 bits per heavy atom. The van der Waals surface area contributed by atoms with Gasteiger partial charge in [-0.3, -0.25) is 0 Å². The van der Waals surface area contributed by atoms with Gasteiger partial charge in [0.1, 0.15) is 0 Å². The fraction of sp³-hybridized carbons (Fsp3) is 0.0189. The first-order chi connectivity index (χ1) is 28.5. The molecule has 0 saturated carbocycles. The molecule has 3 aliphatic rings. The predicted molar refractivity (Wildman–Crippen MR) is 231 cm³/mol. The first kappa shape index (κ1) is 33.0. The molecule has 5 heteroatoms. The molecule has 0 radical (unpaired) electrons. The second kappa shape index (κ2) is 12.1. The van der Waals surface area contributed by atoms with E-state index < -0.39 is 15.3 Å². The Hall–Kier alpha value is -7.21. The number of fused-ring (bicyclic) bond motifs is 16. The molecule has 4 nitrogen and oxygen atoms in total. The number of aromatic nitrogens is 2. The van der Waals surface area contributed by atoms with Gasteiger partial charge < -0.3 is 0 Å². The number of hydrogen-bond acceptors (Lipinski definition) is 4. The van der Waals surface area contributed by atoms with Crippen LogP contribution in [-0.4, -0.2) is 18.4 Å². The van der Waals surface area contributed by atoms with Crippen molar-refractivity contribution >= 4 is 9.84 Å². The topological polar surface area (TPSA) is 59.9 Å². The molecule has 0 N–H and O–H groups in total. The first-order valence-corrected chi connectivity index (χ1v) is 21.0. The van der Waals surface area contributed by atoms with Gasteiger partial charge in [-0.1, -0.05) is 176 Å². The minimum Gasteiger partial charge on any atom is -0.228 e. The molecule has 0 saturated heterocycles. The van der Waals surface area contributed by atoms with Crippen LogP contribution >= 0.6 is 0 Å². The molecule has 12 rings (SSSR count). The summed E-state index contributed by atoms with van der Waals surface area (Å²) in [6.45, 7) is 0. The molecule has 2 aliphatic carbocycles. The number of benzene rings is 8. The molecule has 0 fully saturated rings. The Kier molecular flexibility index (Phi) is 6.91. The number of sulfone groups is 1. The van der Waals surface area contributed by atoms with E-state index >= 15 is 0 Å². The summed E-state index contributed by atoms with van der Waals surface area (Å²) in [7, 11) is -3.84. The van der Waals surface area contributed by atoms with Crippen LogP contribution in [0.1, 0.15) is 22.3 Å². The van der Waals surface area contributed by atoms with Gasteiger partial charge >= 0.3 is 0 Å². The van der Waals surface area contributed by atoms with E-state index in [9.17, 15) is 8.42 Å². The summed E-state index contributed by atoms with van der Waals surface area (Å²) in [6.07, 6.45) is 0. The van der Waals surface area contributed by atoms with E-state index in [1.54, 1.807) is 6.07 Å². The van der Waals surface area contributed by atoms with E-state index in [2.05, 4.69) is 109 Å². The summed E-state index contributed by atoms with van der Waals surface area (Å²) in [5.74, 6) is 0.647. The quantitative estimate of drug-likeness (QED) is 0.180. The third kappa shape index (κ3) is 4.42. The molecular weight excluding hydrogens is 729 g/mol. The van der Waals surface area contributed by atoms with Gasteiger partial charge in [0.15, 0.2) is 5.82 Å². The molecule has 1 aliphatic heterocycles. The van der Waals surface area contributed by atoms with Gasteiger partial charge in [0, 0.05) is 33.4 Å². The highest BCUT2D eigenvalue weighted by atomic mass is 32.2. The number of hydrogen-bond donors (Lipinski definition) is 0. The summed E-state index contributed by atoms with van der Waals surface area (Å²) in [5, 5.41) is 0. The van der Waals surface area contributed by atoms with Gasteiger partial charge in [-0.05, 0) is 68.3 Å². The lowest BCUT2D eigenvalue weighted by atomic mass is 9.65. The molecule has 272 valence electrons. The van der Waals surface area contributed by atoms with Gasteiger partial charge in [0.05, 0.1) is 26.6 Å². The molecule has 1 atom stereocenters. The normalized spacial score (nSPS) is 15.9. The van der Waals surface area contributed by atoms with Crippen molar-refractivity contribution < 1.29 is 8.42 Å². The largest absolute Gasteiger partial charge is 0.228 e. The highest BCUT2D eigenvalue weighted by Crippen LogP contribution is 2.64. The van der Waals surface area contributed by atoms with E-state index in [4.69, 9.17) is 9.97 Å². The van der Waals surface area contributed by atoms with Gasteiger partial charge in [-0.2, -0.15) is 0 Å². The van der Waals surface area contributed by atoms with Crippen LogP contribution in [-0.2, 0) is 15.3 Å². The first-order valence-electron chi connectivity index (χ1n) is 19.5. The Balaban J connectivity index is 1.21. The molecule has 8 aromatic carbocycles. The zero-order valence-electron chi connectivity index (χ0n) is 31.1. The third-order valence-electron chi connectivity index (χ3n) is 12.3. The molecule has 2 heterocycles. The molecule has 0 amide bonds. The lowest BCUT2D eigenvalue weighted by molar-refractivity contribution is 0.599. The summed E-state index contributed by atoms with van der Waals surface area (Å²) in [5.41, 5.74) is 15.5. The van der Waals surface area contributed by atoms with Crippen molar-refractivity contribution in [3.63, 3.8) is 0 Å². The van der Waals surface area contributed by atoms with Crippen molar-refractivity contribution in [2.45, 2.75) is 15.2 Å². The van der Waals surface area contributed by atoms with E-state index in [1.807, 2.05) is 78.9 Å². The summed E-state index contributed by atoms with van der Waals surface area (Å²) >= 11 is 0. The van der Waals surface area contributed by atoms with Gasteiger partial charge in [0.25, 0.3) is 0 Å². The fourth-order valence-electron chi connectivity index (χ4n) is 9.90. The van der Waals surface area contributed by atoms with Crippen LogP contribution in [0.4, 0.5) is 0 Å². The van der Waals surface area contributed by atoms with Crippen molar-refractivity contribution in [1.29, 1.82) is 0 Å². The van der Waals surface area contributed by atoms with Crippen LogP contribution in [0.3, 0.4) is 0 Å². The molecule has 0 bridgehead atoms. The maximum atomic E-state index is 14.8. The smallest absolute Gasteiger partial charge is 0.208 e. The van der Waals surface area contributed by atoms with E-state index in [0.717, 1.165) is 94.8 Å². The van der Waals surface area contributed by atoms with Crippen LogP contribution in [0.2, 0.25) is 0 Å². The van der Waals surface area contributed by atoms with Crippen molar-refractivity contribution in [2.75, 3.05) is 0 Å². The van der Waals surface area contributed by atoms with Crippen molar-refractivity contribution in [3.8, 4) is 78.4 Å². The molecule has 9 aromatic rings. The second-order valence-corrected chi connectivity index (χ2v) is 17.1. The Bertz CT molecular complexity index is 3250. The minimum absolute atomic E-state index is 0.361. The Labute approximate surface area is 336 Å². The van der Waals surface area contributed by atoms with Crippen molar-refractivity contribution in [1.82, 2.24) is 9.97 Å². The lowest BCUT2D eigenvalue weighted by Crippen LogP contribution is -2.29. The zero-order valence-corrected chi connectivity index (χ0v) is 31.9. The van der Waals surface area contributed by atoms with Crippen molar-refractivity contribution in [2.24, 2.45) is 0 Å². The predicted octanol–water partition coefficient (Wildman–Crippen LogP) is 12.3. The standard InChI is InChI=1S/C53H32N2O2S/c56-58(57)49-26-14-11-22-40(49)41-29-30-45-50(51(41)58)42-23-10-13-25-44(42)53(45)43-24-12-9-21-38(43)36-19-7-8-20-37(36)39-28-27-35(31-46(39)53)48-32-47(33-15-3-1-4-16-33)54-52(55-48)34-17-5-2-6-18-34/h1-32H. The SMILES string of the molecule is O=S1(=O)c2ccccc2-c2ccc3c(c21)-c1ccccc1C31c2ccccc2-c2ccccc2-c2ccc(-c3cc(-c4ccccc4)nc(-c4ccccc4)n3)cc21. The van der Waals surface area contributed by atoms with E-state index in [-0.39, 0.29) is 0 Å². The molecule has 1 aromatic heterocycles. The number of rotatable bonds is 3. The van der Waals surface area contributed by atoms with E-state index in [0.29, 0.717) is 15.6 Å². The van der Waals surface area contributed by atoms with Gasteiger partial charge in [-0.15, -0.1) is 0 Å². The van der Waals surface area contributed by atoms with Crippen LogP contribution in [0.25, 0.3) is 78.4 Å². The minimum atomic E-state index is -3.84. The zero-order chi connectivity index (χ0) is 38.6. The molecular formula is C53H32N2O2S. The van der Waals surface area contributed by atoms with Crippen LogP contribution < -0.4 is 0 Å². The average Bonchev–Trinajstić information content (AvgIpc) is 3.68. The average molecular weight is 761 g/mol. The maximum Gasteiger partial charge on any atom is 0.208 e. The van der Waals surface area contributed by atoms with Crippen LogP contribution in [0.15, 0.2) is 204 Å². The van der Waals surface area contributed by atoms with Crippen LogP contribution in [0, 0.1) is 0 Å². The van der Waals surface area contributed by atoms with Crippen molar-refractivity contribution in [3.05, 3.63) is 216 Å². The Morgan fingerprint density at radius 2 is 0.879 bits per heavy atom. The molecule has 1 unspecified atom stereocenters. The summed E-state index contributed by atoms with van der Waals surface area (Å²) in [4.78, 5) is 11.1. The third-order valence-corrected chi connectivity index (χ3v) is 14.2. The lowest BCUT2D eigenvalue weighted by Gasteiger charge is -2.35. The summed E-state index contributed by atoms with van der Waals surface area (Å²) in [6, 6.07) is 66.5. The summed E-state index contributed by atoms with van der Waals surface area (Å²) < 4.78 is 29.6. The fourth-order valence-corrected chi connectivity index (χ4v) is 11.8. The Morgan fingerprint density at radius 3 is 1.59 bits per heavy atom. The monoisotopic (exact) mass is 760 g/mol. The maximum absolute atomic E-state index is 14.8. The second-order valence-electron chi connectivity index (χ2n) is 15.2. The molecule has 58 heavy (non-hydrogen) atoms. The molecule has 1 spiro atoms. The highest BCUT2D eigenvalue weighted by Gasteiger charge is 2.52.